The number of carbonyl (C=O) groups excluding carboxylic acids is 1. The lowest BCUT2D eigenvalue weighted by molar-refractivity contribution is -0.139. The fourth-order valence-electron chi connectivity index (χ4n) is 1.96. The first kappa shape index (κ1) is 15.2. The molecule has 1 heterocycles. The summed E-state index contributed by atoms with van der Waals surface area (Å²) in [5.74, 6) is 0.385. The van der Waals surface area contributed by atoms with Crippen LogP contribution in [-0.2, 0) is 11.3 Å². The summed E-state index contributed by atoms with van der Waals surface area (Å²) in [5.41, 5.74) is 5.74. The van der Waals surface area contributed by atoms with Crippen molar-refractivity contribution < 1.29 is 4.79 Å². The van der Waals surface area contributed by atoms with Crippen LogP contribution in [0.3, 0.4) is 0 Å². The van der Waals surface area contributed by atoms with E-state index in [4.69, 9.17) is 5.73 Å². The third-order valence-corrected chi connectivity index (χ3v) is 4.05. The molecule has 0 saturated heterocycles. The van der Waals surface area contributed by atoms with Crippen molar-refractivity contribution in [3.63, 3.8) is 0 Å². The summed E-state index contributed by atoms with van der Waals surface area (Å²) < 4.78 is 0. The molecule has 4 heteroatoms. The van der Waals surface area contributed by atoms with Gasteiger partial charge in [-0.05, 0) is 31.2 Å². The van der Waals surface area contributed by atoms with Crippen molar-refractivity contribution in [2.24, 2.45) is 17.6 Å². The maximum absolute atomic E-state index is 12.5. The van der Waals surface area contributed by atoms with Crippen LogP contribution in [0.1, 0.15) is 32.6 Å². The normalized spacial score (nSPS) is 13.1. The number of rotatable bonds is 6. The minimum atomic E-state index is -0.0765. The molecule has 3 nitrogen and oxygen atoms in total. The molecule has 102 valence electrons. The first-order valence-electron chi connectivity index (χ1n) is 6.50. The zero-order chi connectivity index (χ0) is 13.7. The predicted molar refractivity (Wildman–Crippen MR) is 77.4 cm³/mol. The van der Waals surface area contributed by atoms with Crippen molar-refractivity contribution in [2.45, 2.75) is 40.3 Å². The Balaban J connectivity index is 2.81. The Morgan fingerprint density at radius 2 is 2.06 bits per heavy atom. The van der Waals surface area contributed by atoms with Gasteiger partial charge in [0.2, 0.25) is 5.91 Å². The van der Waals surface area contributed by atoms with Gasteiger partial charge in [0.25, 0.3) is 0 Å². The van der Waals surface area contributed by atoms with Gasteiger partial charge in [-0.25, -0.2) is 0 Å². The average Bonchev–Trinajstić information content (AvgIpc) is 2.78. The topological polar surface area (TPSA) is 46.3 Å². The maximum atomic E-state index is 12.5. The van der Waals surface area contributed by atoms with Gasteiger partial charge in [-0.2, -0.15) is 0 Å². The van der Waals surface area contributed by atoms with Gasteiger partial charge in [0.1, 0.15) is 0 Å². The van der Waals surface area contributed by atoms with Gasteiger partial charge in [-0.1, -0.05) is 19.9 Å². The molecule has 0 radical (unpaired) electrons. The first-order chi connectivity index (χ1) is 8.47. The number of nitrogens with zero attached hydrogens (tertiary/aromatic N) is 1. The lowest BCUT2D eigenvalue weighted by atomic mass is 9.94. The van der Waals surface area contributed by atoms with E-state index in [1.54, 1.807) is 11.3 Å². The average molecular weight is 268 g/mol. The van der Waals surface area contributed by atoms with E-state index in [0.717, 1.165) is 0 Å². The molecule has 1 rings (SSSR count). The second kappa shape index (κ2) is 6.90. The Labute approximate surface area is 114 Å². The molecule has 0 spiro atoms. The fourth-order valence-corrected chi connectivity index (χ4v) is 2.66. The Morgan fingerprint density at radius 1 is 1.39 bits per heavy atom. The quantitative estimate of drug-likeness (QED) is 0.862. The molecular weight excluding hydrogens is 244 g/mol. The molecule has 1 amide bonds. The number of amides is 1. The third-order valence-electron chi connectivity index (χ3n) is 3.19. The van der Waals surface area contributed by atoms with Crippen molar-refractivity contribution in [1.82, 2.24) is 4.90 Å². The molecule has 0 aromatic carbocycles. The highest BCUT2D eigenvalue weighted by Crippen LogP contribution is 2.19. The van der Waals surface area contributed by atoms with Crippen LogP contribution in [0.4, 0.5) is 0 Å². The largest absolute Gasteiger partial charge is 0.335 e. The van der Waals surface area contributed by atoms with Crippen LogP contribution in [-0.4, -0.2) is 23.4 Å². The van der Waals surface area contributed by atoms with Gasteiger partial charge in [0.15, 0.2) is 0 Å². The highest BCUT2D eigenvalue weighted by Gasteiger charge is 2.27. The lowest BCUT2D eigenvalue weighted by Crippen LogP contribution is -2.44. The molecule has 1 aromatic heterocycles. The van der Waals surface area contributed by atoms with E-state index in [1.807, 2.05) is 16.3 Å². The fraction of sp³-hybridized carbons (Fsp3) is 0.643. The van der Waals surface area contributed by atoms with E-state index in [1.165, 1.54) is 4.88 Å². The van der Waals surface area contributed by atoms with Crippen LogP contribution in [0, 0.1) is 11.8 Å². The van der Waals surface area contributed by atoms with Crippen LogP contribution in [0.25, 0.3) is 0 Å². The Morgan fingerprint density at radius 3 is 2.44 bits per heavy atom. The highest BCUT2D eigenvalue weighted by atomic mass is 32.1. The molecule has 18 heavy (non-hydrogen) atoms. The van der Waals surface area contributed by atoms with Crippen molar-refractivity contribution in [2.75, 3.05) is 6.54 Å². The molecule has 1 aromatic rings. The molecule has 2 N–H and O–H groups in total. The number of thiophene rings is 1. The third kappa shape index (κ3) is 3.82. The maximum Gasteiger partial charge on any atom is 0.227 e. The number of hydrogen-bond acceptors (Lipinski definition) is 3. The predicted octanol–water partition coefficient (Wildman–Crippen LogP) is 2.72. The summed E-state index contributed by atoms with van der Waals surface area (Å²) in [6.45, 7) is 9.33. The second-order valence-corrected chi connectivity index (χ2v) is 6.26. The van der Waals surface area contributed by atoms with Gasteiger partial charge >= 0.3 is 0 Å². The zero-order valence-corrected chi connectivity index (χ0v) is 12.5. The van der Waals surface area contributed by atoms with Crippen molar-refractivity contribution >= 4 is 17.2 Å². The van der Waals surface area contributed by atoms with Gasteiger partial charge < -0.3 is 10.6 Å². The van der Waals surface area contributed by atoms with Crippen molar-refractivity contribution in [3.05, 3.63) is 22.4 Å². The molecule has 1 unspecified atom stereocenters. The van der Waals surface area contributed by atoms with Crippen LogP contribution >= 0.6 is 11.3 Å². The molecule has 1 atom stereocenters. The summed E-state index contributed by atoms with van der Waals surface area (Å²) in [5, 5.41) is 2.04. The summed E-state index contributed by atoms with van der Waals surface area (Å²) in [6, 6.07) is 4.29. The zero-order valence-electron chi connectivity index (χ0n) is 11.7. The SMILES string of the molecule is CC(C)C(CN)C(=O)N(Cc1cccs1)C(C)C. The molecule has 0 fully saturated rings. The van der Waals surface area contributed by atoms with Crippen LogP contribution in [0.2, 0.25) is 0 Å². The summed E-state index contributed by atoms with van der Waals surface area (Å²) >= 11 is 1.69. The first-order valence-corrected chi connectivity index (χ1v) is 7.38. The smallest absolute Gasteiger partial charge is 0.227 e. The molecule has 0 bridgehead atoms. The summed E-state index contributed by atoms with van der Waals surface area (Å²) in [7, 11) is 0. The van der Waals surface area contributed by atoms with Gasteiger partial charge in [0, 0.05) is 17.5 Å². The van der Waals surface area contributed by atoms with Crippen molar-refractivity contribution in [3.8, 4) is 0 Å². The van der Waals surface area contributed by atoms with Gasteiger partial charge in [-0.3, -0.25) is 4.79 Å². The minimum Gasteiger partial charge on any atom is -0.335 e. The monoisotopic (exact) mass is 268 g/mol. The Kier molecular flexibility index (Phi) is 5.82. The molecular formula is C14H24N2OS. The highest BCUT2D eigenvalue weighted by molar-refractivity contribution is 7.09. The van der Waals surface area contributed by atoms with E-state index >= 15 is 0 Å². The molecule has 0 aliphatic carbocycles. The Bertz CT molecular complexity index is 360. The molecule has 0 saturated carbocycles. The number of hydrogen-bond donors (Lipinski definition) is 1. The lowest BCUT2D eigenvalue weighted by Gasteiger charge is -2.31. The Hall–Kier alpha value is -0.870. The standard InChI is InChI=1S/C14H24N2OS/c1-10(2)13(8-15)14(17)16(11(3)4)9-12-6-5-7-18-12/h5-7,10-11,13H,8-9,15H2,1-4H3. The van der Waals surface area contributed by atoms with E-state index < -0.39 is 0 Å². The molecule has 0 aliphatic rings. The van der Waals surface area contributed by atoms with Crippen molar-refractivity contribution in [1.29, 1.82) is 0 Å². The van der Waals surface area contributed by atoms with Crippen LogP contribution < -0.4 is 5.73 Å². The van der Waals surface area contributed by atoms with E-state index in [0.29, 0.717) is 13.1 Å². The van der Waals surface area contributed by atoms with Crippen LogP contribution in [0.15, 0.2) is 17.5 Å². The minimum absolute atomic E-state index is 0.0765. The van der Waals surface area contributed by atoms with E-state index in [2.05, 4.69) is 33.8 Å². The van der Waals surface area contributed by atoms with Crippen LogP contribution in [0.5, 0.6) is 0 Å². The molecule has 0 aliphatic heterocycles. The number of nitrogens with two attached hydrogens (primary N) is 1. The summed E-state index contributed by atoms with van der Waals surface area (Å²) in [4.78, 5) is 15.7. The van der Waals surface area contributed by atoms with E-state index in [-0.39, 0.29) is 23.8 Å². The van der Waals surface area contributed by atoms with Gasteiger partial charge in [-0.15, -0.1) is 11.3 Å². The summed E-state index contributed by atoms with van der Waals surface area (Å²) in [6.07, 6.45) is 0. The van der Waals surface area contributed by atoms with E-state index in [9.17, 15) is 4.79 Å². The number of carbonyl (C=O) groups is 1. The van der Waals surface area contributed by atoms with Gasteiger partial charge in [0.05, 0.1) is 12.5 Å². The second-order valence-electron chi connectivity index (χ2n) is 5.23.